The molecule has 1 aliphatic rings. The van der Waals surface area contributed by atoms with Crippen molar-refractivity contribution >= 4 is 15.7 Å². The van der Waals surface area contributed by atoms with Crippen LogP contribution in [-0.2, 0) is 10.0 Å². The summed E-state index contributed by atoms with van der Waals surface area (Å²) >= 11 is 0. The van der Waals surface area contributed by atoms with Gasteiger partial charge in [-0.05, 0) is 44.0 Å². The third-order valence-electron chi connectivity index (χ3n) is 2.97. The van der Waals surface area contributed by atoms with Crippen molar-refractivity contribution in [2.24, 2.45) is 0 Å². The number of sulfonamides is 1. The van der Waals surface area contributed by atoms with Crippen LogP contribution in [0.15, 0.2) is 24.3 Å². The summed E-state index contributed by atoms with van der Waals surface area (Å²) in [5.74, 6) is 0. The van der Waals surface area contributed by atoms with E-state index in [0.717, 1.165) is 24.9 Å². The molecule has 1 atom stereocenters. The van der Waals surface area contributed by atoms with Crippen molar-refractivity contribution in [1.82, 2.24) is 5.32 Å². The summed E-state index contributed by atoms with van der Waals surface area (Å²) in [7, 11) is -3.27. The molecule has 1 fully saturated rings. The van der Waals surface area contributed by atoms with Crippen molar-refractivity contribution in [1.29, 1.82) is 0 Å². The Hall–Kier alpha value is -1.07. The minimum atomic E-state index is -3.27. The van der Waals surface area contributed by atoms with Crippen LogP contribution in [0.3, 0.4) is 0 Å². The number of benzene rings is 1. The standard InChI is InChI=1S/C12H18N2O2S/c1-10-4-2-5-11(8-10)14-17(15,16)12-6-3-7-13-9-12/h2,4-5,8,12-14H,3,6-7,9H2,1H3. The van der Waals surface area contributed by atoms with E-state index in [4.69, 9.17) is 0 Å². The second kappa shape index (κ2) is 5.06. The molecule has 1 unspecified atom stereocenters. The van der Waals surface area contributed by atoms with E-state index in [1.54, 1.807) is 6.07 Å². The second-order valence-electron chi connectivity index (χ2n) is 4.48. The number of anilines is 1. The molecule has 0 radical (unpaired) electrons. The first-order valence-electron chi connectivity index (χ1n) is 5.87. The average molecular weight is 254 g/mol. The van der Waals surface area contributed by atoms with Gasteiger partial charge in [-0.1, -0.05) is 12.1 Å². The zero-order valence-corrected chi connectivity index (χ0v) is 10.8. The van der Waals surface area contributed by atoms with Crippen molar-refractivity contribution < 1.29 is 8.42 Å². The number of aryl methyl sites for hydroxylation is 1. The first-order chi connectivity index (χ1) is 8.08. The third kappa shape index (κ3) is 3.20. The fourth-order valence-electron chi connectivity index (χ4n) is 2.04. The maximum atomic E-state index is 12.1. The first-order valence-corrected chi connectivity index (χ1v) is 7.41. The minimum absolute atomic E-state index is 0.322. The zero-order valence-electron chi connectivity index (χ0n) is 9.94. The van der Waals surface area contributed by atoms with Crippen molar-refractivity contribution in [3.05, 3.63) is 29.8 Å². The maximum Gasteiger partial charge on any atom is 0.236 e. The van der Waals surface area contributed by atoms with Gasteiger partial charge in [0, 0.05) is 12.2 Å². The van der Waals surface area contributed by atoms with Crippen molar-refractivity contribution in [3.8, 4) is 0 Å². The van der Waals surface area contributed by atoms with Crippen LogP contribution in [0.4, 0.5) is 5.69 Å². The highest BCUT2D eigenvalue weighted by Crippen LogP contribution is 2.17. The first kappa shape index (κ1) is 12.4. The van der Waals surface area contributed by atoms with E-state index in [1.165, 1.54) is 0 Å². The summed E-state index contributed by atoms with van der Waals surface area (Å²) in [6.45, 7) is 3.40. The van der Waals surface area contributed by atoms with Gasteiger partial charge in [0.15, 0.2) is 0 Å². The molecule has 0 spiro atoms. The Morgan fingerprint density at radius 1 is 1.41 bits per heavy atom. The average Bonchev–Trinajstić information content (AvgIpc) is 2.29. The smallest absolute Gasteiger partial charge is 0.236 e. The van der Waals surface area contributed by atoms with Crippen LogP contribution in [0.25, 0.3) is 0 Å². The van der Waals surface area contributed by atoms with E-state index in [0.29, 0.717) is 12.2 Å². The molecule has 0 aromatic heterocycles. The van der Waals surface area contributed by atoms with Crippen LogP contribution in [0.2, 0.25) is 0 Å². The Morgan fingerprint density at radius 3 is 2.88 bits per heavy atom. The maximum absolute atomic E-state index is 12.1. The van der Waals surface area contributed by atoms with Gasteiger partial charge in [0.25, 0.3) is 0 Å². The van der Waals surface area contributed by atoms with Gasteiger partial charge in [-0.2, -0.15) is 0 Å². The van der Waals surface area contributed by atoms with E-state index in [2.05, 4.69) is 10.0 Å². The molecule has 0 bridgehead atoms. The van der Waals surface area contributed by atoms with Crippen molar-refractivity contribution in [3.63, 3.8) is 0 Å². The van der Waals surface area contributed by atoms with Crippen LogP contribution < -0.4 is 10.0 Å². The van der Waals surface area contributed by atoms with Gasteiger partial charge in [0.1, 0.15) is 0 Å². The molecule has 1 aliphatic heterocycles. The fourth-order valence-corrected chi connectivity index (χ4v) is 3.48. The molecule has 17 heavy (non-hydrogen) atoms. The Morgan fingerprint density at radius 2 is 2.24 bits per heavy atom. The van der Waals surface area contributed by atoms with Gasteiger partial charge in [-0.25, -0.2) is 8.42 Å². The highest BCUT2D eigenvalue weighted by molar-refractivity contribution is 7.93. The molecule has 2 N–H and O–H groups in total. The van der Waals surface area contributed by atoms with E-state index < -0.39 is 10.0 Å². The lowest BCUT2D eigenvalue weighted by Crippen LogP contribution is -2.41. The largest absolute Gasteiger partial charge is 0.315 e. The molecule has 1 aromatic rings. The summed E-state index contributed by atoms with van der Waals surface area (Å²) in [6.07, 6.45) is 1.65. The van der Waals surface area contributed by atoms with E-state index in [9.17, 15) is 8.42 Å². The number of hydrogen-bond acceptors (Lipinski definition) is 3. The van der Waals surface area contributed by atoms with E-state index in [-0.39, 0.29) is 5.25 Å². The third-order valence-corrected chi connectivity index (χ3v) is 4.77. The van der Waals surface area contributed by atoms with E-state index >= 15 is 0 Å². The Labute approximate surface area is 102 Å². The summed E-state index contributed by atoms with van der Waals surface area (Å²) < 4.78 is 26.9. The van der Waals surface area contributed by atoms with Crippen molar-refractivity contribution in [2.75, 3.05) is 17.8 Å². The van der Waals surface area contributed by atoms with Crippen molar-refractivity contribution in [2.45, 2.75) is 25.0 Å². The molecule has 4 nitrogen and oxygen atoms in total. The Kier molecular flexibility index (Phi) is 3.69. The number of nitrogens with one attached hydrogen (secondary N) is 2. The molecule has 2 rings (SSSR count). The lowest BCUT2D eigenvalue weighted by atomic mass is 10.2. The minimum Gasteiger partial charge on any atom is -0.315 e. The lowest BCUT2D eigenvalue weighted by Gasteiger charge is -2.23. The summed E-state index contributed by atoms with van der Waals surface area (Å²) in [5, 5.41) is 2.80. The number of rotatable bonds is 3. The second-order valence-corrected chi connectivity index (χ2v) is 6.45. The molecular formula is C12H18N2O2S. The summed E-state index contributed by atoms with van der Waals surface area (Å²) in [6, 6.07) is 7.42. The number of hydrogen-bond donors (Lipinski definition) is 2. The van der Waals surface area contributed by atoms with Crippen LogP contribution in [0.1, 0.15) is 18.4 Å². The lowest BCUT2D eigenvalue weighted by molar-refractivity contribution is 0.499. The highest BCUT2D eigenvalue weighted by Gasteiger charge is 2.26. The SMILES string of the molecule is Cc1cccc(NS(=O)(=O)C2CCCNC2)c1. The molecule has 1 aromatic carbocycles. The molecule has 1 saturated heterocycles. The molecule has 1 heterocycles. The van der Waals surface area contributed by atoms with Gasteiger partial charge in [0.05, 0.1) is 5.25 Å². The topological polar surface area (TPSA) is 58.2 Å². The molecule has 5 heteroatoms. The van der Waals surface area contributed by atoms with Gasteiger partial charge >= 0.3 is 0 Å². The molecule has 0 amide bonds. The fraction of sp³-hybridized carbons (Fsp3) is 0.500. The van der Waals surface area contributed by atoms with Crippen LogP contribution in [0, 0.1) is 6.92 Å². The van der Waals surface area contributed by atoms with Crippen LogP contribution in [-0.4, -0.2) is 26.8 Å². The Balaban J connectivity index is 2.11. The molecule has 0 saturated carbocycles. The summed E-state index contributed by atoms with van der Waals surface area (Å²) in [5.41, 5.74) is 1.70. The predicted octanol–water partition coefficient (Wildman–Crippen LogP) is 1.49. The number of piperidine rings is 1. The normalized spacial score (nSPS) is 21.1. The predicted molar refractivity (Wildman–Crippen MR) is 69.6 cm³/mol. The van der Waals surface area contributed by atoms with Gasteiger partial charge in [-0.15, -0.1) is 0 Å². The molecule has 0 aliphatic carbocycles. The van der Waals surface area contributed by atoms with E-state index in [1.807, 2.05) is 25.1 Å². The van der Waals surface area contributed by atoms with Gasteiger partial charge in [-0.3, -0.25) is 4.72 Å². The van der Waals surface area contributed by atoms with Crippen LogP contribution >= 0.6 is 0 Å². The van der Waals surface area contributed by atoms with Crippen LogP contribution in [0.5, 0.6) is 0 Å². The zero-order chi connectivity index (χ0) is 12.3. The Bertz CT molecular complexity index is 479. The van der Waals surface area contributed by atoms with Gasteiger partial charge < -0.3 is 5.32 Å². The highest BCUT2D eigenvalue weighted by atomic mass is 32.2. The molecule has 94 valence electrons. The summed E-state index contributed by atoms with van der Waals surface area (Å²) in [4.78, 5) is 0. The monoisotopic (exact) mass is 254 g/mol. The van der Waals surface area contributed by atoms with Gasteiger partial charge in [0.2, 0.25) is 10.0 Å². The molecular weight excluding hydrogens is 236 g/mol. The quantitative estimate of drug-likeness (QED) is 0.859.